The molecule has 42 heavy (non-hydrogen) atoms. The number of aliphatic hydroxyl groups excluding tert-OH is 1. The molecule has 1 aromatic rings. The second kappa shape index (κ2) is 10.0. The monoisotopic (exact) mass is 598 g/mol. The van der Waals surface area contributed by atoms with Gasteiger partial charge in [-0.05, 0) is 105 Å². The number of ether oxygens (including phenoxy) is 2. The number of nitrogens with one attached hydrogen (secondary N) is 1. The molecule has 8 heteroatoms. The lowest BCUT2D eigenvalue weighted by atomic mass is 9.44. The van der Waals surface area contributed by atoms with Gasteiger partial charge in [0.15, 0.2) is 5.79 Å². The van der Waals surface area contributed by atoms with E-state index in [1.807, 2.05) is 19.1 Å². The van der Waals surface area contributed by atoms with Gasteiger partial charge in [-0.2, -0.15) is 13.5 Å². The van der Waals surface area contributed by atoms with E-state index >= 15 is 0 Å². The van der Waals surface area contributed by atoms with Crippen LogP contribution in [0, 0.1) is 59.2 Å². The molecule has 1 spiro atoms. The van der Waals surface area contributed by atoms with Crippen molar-refractivity contribution < 1.29 is 23.0 Å². The molecule has 4 saturated carbocycles. The van der Waals surface area contributed by atoms with Crippen LogP contribution < -0.4 is 4.83 Å². The summed E-state index contributed by atoms with van der Waals surface area (Å²) in [4.78, 5) is 2.95. The number of hydrogen-bond acceptors (Lipinski definition) is 6. The molecular weight excluding hydrogens is 548 g/mol. The zero-order valence-electron chi connectivity index (χ0n) is 26.0. The SMILES string of the molecule is Cc1ccc(S(=O)(=O)N/N=C2/C[C@@H]3[C@H](CC[C@H]4C[C@@H](O)CC[C@@]43C)[C@@H]3C[C@@H]4O[C@]5(CC[C@H](C)CO5)[C@@H](C)[C@H]4[C@@]23C)cc1. The van der Waals surface area contributed by atoms with E-state index in [4.69, 9.17) is 14.6 Å². The lowest BCUT2D eigenvalue weighted by Gasteiger charge is -2.61. The normalized spacial score (nSPS) is 49.3. The summed E-state index contributed by atoms with van der Waals surface area (Å²) in [5.41, 5.74) is 1.89. The van der Waals surface area contributed by atoms with Crippen molar-refractivity contribution in [1.29, 1.82) is 0 Å². The zero-order valence-corrected chi connectivity index (χ0v) is 26.8. The van der Waals surface area contributed by atoms with Gasteiger partial charge in [-0.25, -0.2) is 4.83 Å². The van der Waals surface area contributed by atoms with Crippen molar-refractivity contribution in [2.75, 3.05) is 6.61 Å². The summed E-state index contributed by atoms with van der Waals surface area (Å²) in [6.07, 6.45) is 8.84. The van der Waals surface area contributed by atoms with E-state index < -0.39 is 15.8 Å². The number of nitrogens with zero attached hydrogens (tertiary/aromatic N) is 1. The van der Waals surface area contributed by atoms with Crippen molar-refractivity contribution in [3.05, 3.63) is 29.8 Å². The number of fused-ring (bicyclic) bond motifs is 7. The first kappa shape index (κ1) is 29.2. The van der Waals surface area contributed by atoms with Gasteiger partial charge >= 0.3 is 0 Å². The first-order valence-electron chi connectivity index (χ1n) is 16.5. The maximum absolute atomic E-state index is 13.5. The van der Waals surface area contributed by atoms with E-state index in [-0.39, 0.29) is 39.8 Å². The number of sulfonamides is 1. The summed E-state index contributed by atoms with van der Waals surface area (Å²) in [5.74, 6) is 2.33. The number of benzene rings is 1. The minimum absolute atomic E-state index is 0.0970. The Morgan fingerprint density at radius 2 is 1.76 bits per heavy atom. The van der Waals surface area contributed by atoms with E-state index in [1.165, 1.54) is 12.8 Å². The van der Waals surface area contributed by atoms with Gasteiger partial charge in [-0.1, -0.05) is 45.4 Å². The maximum Gasteiger partial charge on any atom is 0.276 e. The van der Waals surface area contributed by atoms with Crippen LogP contribution in [-0.4, -0.2) is 43.8 Å². The lowest BCUT2D eigenvalue weighted by molar-refractivity contribution is -0.272. The van der Waals surface area contributed by atoms with Crippen molar-refractivity contribution >= 4 is 15.7 Å². The molecule has 2 heterocycles. The Morgan fingerprint density at radius 3 is 2.48 bits per heavy atom. The molecule has 0 amide bonds. The van der Waals surface area contributed by atoms with E-state index in [0.717, 1.165) is 62.8 Å². The van der Waals surface area contributed by atoms with Gasteiger partial charge in [0, 0.05) is 29.4 Å². The Kier molecular flexibility index (Phi) is 6.97. The molecule has 7 rings (SSSR count). The highest BCUT2D eigenvalue weighted by Crippen LogP contribution is 2.70. The van der Waals surface area contributed by atoms with Crippen LogP contribution in [0.1, 0.15) is 91.0 Å². The van der Waals surface area contributed by atoms with Crippen molar-refractivity contribution in [2.24, 2.45) is 57.4 Å². The molecule has 0 aromatic heterocycles. The molecule has 2 saturated heterocycles. The standard InChI is InChI=1S/C34H50N2O5S/c1-20-6-9-25(10-7-20)42(38,39)36-35-30-18-27-26(11-8-23-16-24(37)13-14-32(23,27)4)28-17-29-31(33(28,30)5)22(3)34(41-29)15-12-21(2)19-40-34/h6-7,9-10,21-24,26-29,31,36-37H,8,11-19H2,1-5H3/b35-30-/t21-,22-,23-,24-,26-,27+,28-,29-,31+,32-,33+,34+/m0/s1. The van der Waals surface area contributed by atoms with Crippen LogP contribution in [0.25, 0.3) is 0 Å². The molecule has 6 fully saturated rings. The third-order valence-electron chi connectivity index (χ3n) is 13.4. The van der Waals surface area contributed by atoms with Gasteiger partial charge in [-0.15, -0.1) is 0 Å². The van der Waals surface area contributed by atoms with Crippen LogP contribution in [0.4, 0.5) is 0 Å². The summed E-state index contributed by atoms with van der Waals surface area (Å²) in [7, 11) is -3.80. The minimum atomic E-state index is -3.80. The number of aliphatic hydroxyl groups is 1. The molecular formula is C34H50N2O5S. The number of hydrogen-bond donors (Lipinski definition) is 2. The summed E-state index contributed by atoms with van der Waals surface area (Å²) in [6, 6.07) is 6.97. The van der Waals surface area contributed by atoms with Gasteiger partial charge in [-0.3, -0.25) is 0 Å². The maximum atomic E-state index is 13.5. The third-order valence-corrected chi connectivity index (χ3v) is 14.7. The highest BCUT2D eigenvalue weighted by atomic mass is 32.2. The first-order valence-corrected chi connectivity index (χ1v) is 18.0. The highest BCUT2D eigenvalue weighted by molar-refractivity contribution is 7.89. The molecule has 6 aliphatic rings. The van der Waals surface area contributed by atoms with Crippen molar-refractivity contribution in [1.82, 2.24) is 4.83 Å². The predicted octanol–water partition coefficient (Wildman–Crippen LogP) is 6.05. The quantitative estimate of drug-likeness (QED) is 0.413. The summed E-state index contributed by atoms with van der Waals surface area (Å²) in [5, 5.41) is 15.5. The molecule has 2 aliphatic heterocycles. The van der Waals surface area contributed by atoms with Gasteiger partial charge in [0.2, 0.25) is 0 Å². The van der Waals surface area contributed by atoms with Crippen LogP contribution in [0.5, 0.6) is 0 Å². The predicted molar refractivity (Wildman–Crippen MR) is 162 cm³/mol. The van der Waals surface area contributed by atoms with Crippen LogP contribution in [0.3, 0.4) is 0 Å². The van der Waals surface area contributed by atoms with Crippen molar-refractivity contribution in [3.63, 3.8) is 0 Å². The number of aryl methyl sites for hydroxylation is 1. The van der Waals surface area contributed by atoms with Gasteiger partial charge in [0.1, 0.15) is 0 Å². The number of rotatable bonds is 3. The molecule has 12 atom stereocenters. The largest absolute Gasteiger partial charge is 0.393 e. The molecule has 4 aliphatic carbocycles. The van der Waals surface area contributed by atoms with Gasteiger partial charge in [0.05, 0.1) is 23.7 Å². The number of hydrazone groups is 1. The molecule has 0 bridgehead atoms. The van der Waals surface area contributed by atoms with E-state index in [1.54, 1.807) is 12.1 Å². The fourth-order valence-electron chi connectivity index (χ4n) is 11.0. The average molecular weight is 599 g/mol. The summed E-state index contributed by atoms with van der Waals surface area (Å²) < 4.78 is 40.5. The Labute approximate surface area is 252 Å². The Hall–Kier alpha value is -1.48. The van der Waals surface area contributed by atoms with Crippen LogP contribution in [0.15, 0.2) is 34.3 Å². The summed E-state index contributed by atoms with van der Waals surface area (Å²) >= 11 is 0. The lowest BCUT2D eigenvalue weighted by Crippen LogP contribution is -2.58. The Balaban J connectivity index is 1.27. The van der Waals surface area contributed by atoms with E-state index in [2.05, 4.69) is 32.5 Å². The highest BCUT2D eigenvalue weighted by Gasteiger charge is 2.71. The van der Waals surface area contributed by atoms with Gasteiger partial charge < -0.3 is 14.6 Å². The van der Waals surface area contributed by atoms with E-state index in [9.17, 15) is 13.5 Å². The molecule has 1 aromatic carbocycles. The van der Waals surface area contributed by atoms with Gasteiger partial charge in [0.25, 0.3) is 10.0 Å². The zero-order chi connectivity index (χ0) is 29.7. The molecule has 7 nitrogen and oxygen atoms in total. The summed E-state index contributed by atoms with van der Waals surface area (Å²) in [6.45, 7) is 12.1. The van der Waals surface area contributed by atoms with E-state index in [0.29, 0.717) is 29.6 Å². The van der Waals surface area contributed by atoms with Crippen molar-refractivity contribution in [3.8, 4) is 0 Å². The van der Waals surface area contributed by atoms with Crippen LogP contribution in [-0.2, 0) is 19.5 Å². The fourth-order valence-corrected chi connectivity index (χ4v) is 11.8. The molecule has 2 N–H and O–H groups in total. The molecule has 232 valence electrons. The average Bonchev–Trinajstić information content (AvgIpc) is 3.40. The van der Waals surface area contributed by atoms with Crippen molar-refractivity contribution in [2.45, 2.75) is 115 Å². The minimum Gasteiger partial charge on any atom is -0.393 e. The first-order chi connectivity index (χ1) is 19.9. The topological polar surface area (TPSA) is 97.2 Å². The third kappa shape index (κ3) is 4.28. The van der Waals surface area contributed by atoms with Crippen LogP contribution >= 0.6 is 0 Å². The second-order valence-corrected chi connectivity index (χ2v) is 17.2. The second-order valence-electron chi connectivity index (χ2n) is 15.5. The molecule has 0 unspecified atom stereocenters. The van der Waals surface area contributed by atoms with Crippen LogP contribution in [0.2, 0.25) is 0 Å². The fraction of sp³-hybridized carbons (Fsp3) is 0.794. The Bertz CT molecular complexity index is 1340. The smallest absolute Gasteiger partial charge is 0.276 e. The molecule has 0 radical (unpaired) electrons. The Morgan fingerprint density at radius 1 is 1.00 bits per heavy atom.